The Hall–Kier alpha value is -3.97. The number of nitro groups is 1. The molecular weight excluding hydrogens is 428 g/mol. The van der Waals surface area contributed by atoms with Gasteiger partial charge in [0, 0.05) is 34.3 Å². The quantitative estimate of drug-likeness (QED) is 0.247. The maximum Gasteiger partial charge on any atom is 0.288 e. The van der Waals surface area contributed by atoms with E-state index >= 15 is 0 Å². The largest absolute Gasteiger partial charge is 0.318 e. The number of halogens is 1. The van der Waals surface area contributed by atoms with E-state index in [2.05, 4.69) is 10.5 Å². The van der Waals surface area contributed by atoms with Gasteiger partial charge in [-0.2, -0.15) is 5.10 Å². The van der Waals surface area contributed by atoms with Crippen LogP contribution in [0.5, 0.6) is 0 Å². The number of fused-ring (bicyclic) bond motifs is 1. The van der Waals surface area contributed by atoms with Crippen molar-refractivity contribution in [2.24, 2.45) is 5.10 Å². The Labute approximate surface area is 189 Å². The van der Waals surface area contributed by atoms with Crippen molar-refractivity contribution in [1.82, 2.24) is 9.99 Å². The number of nitrogens with one attached hydrogen (secondary N) is 1. The smallest absolute Gasteiger partial charge is 0.288 e. The van der Waals surface area contributed by atoms with Gasteiger partial charge in [0.15, 0.2) is 0 Å². The van der Waals surface area contributed by atoms with Gasteiger partial charge in [-0.1, -0.05) is 41.9 Å². The first-order valence-electron chi connectivity index (χ1n) is 9.80. The second kappa shape index (κ2) is 8.64. The molecule has 32 heavy (non-hydrogen) atoms. The Morgan fingerprint density at radius 3 is 2.53 bits per heavy atom. The van der Waals surface area contributed by atoms with E-state index in [0.29, 0.717) is 11.3 Å². The van der Waals surface area contributed by atoms with Gasteiger partial charge in [0.05, 0.1) is 11.1 Å². The van der Waals surface area contributed by atoms with Crippen molar-refractivity contribution in [2.75, 3.05) is 0 Å². The highest BCUT2D eigenvalue weighted by Crippen LogP contribution is 2.29. The van der Waals surface area contributed by atoms with Crippen LogP contribution >= 0.6 is 11.6 Å². The van der Waals surface area contributed by atoms with Gasteiger partial charge in [0.25, 0.3) is 11.6 Å². The van der Waals surface area contributed by atoms with Crippen molar-refractivity contribution in [3.05, 3.63) is 104 Å². The van der Waals surface area contributed by atoms with Gasteiger partial charge >= 0.3 is 0 Å². The summed E-state index contributed by atoms with van der Waals surface area (Å²) in [6.45, 7) is 3.81. The molecule has 0 radical (unpaired) electrons. The van der Waals surface area contributed by atoms with E-state index in [1.54, 1.807) is 24.4 Å². The summed E-state index contributed by atoms with van der Waals surface area (Å²) in [5, 5.41) is 17.2. The van der Waals surface area contributed by atoms with Crippen LogP contribution in [-0.4, -0.2) is 21.6 Å². The van der Waals surface area contributed by atoms with Gasteiger partial charge in [0.1, 0.15) is 5.02 Å². The zero-order valence-electron chi connectivity index (χ0n) is 17.4. The number of nitro benzene ring substituents is 1. The van der Waals surface area contributed by atoms with Crippen LogP contribution in [0.4, 0.5) is 5.69 Å². The Morgan fingerprint density at radius 1 is 1.06 bits per heavy atom. The molecule has 0 spiro atoms. The lowest BCUT2D eigenvalue weighted by atomic mass is 10.1. The number of aryl methyl sites for hydroxylation is 1. The summed E-state index contributed by atoms with van der Waals surface area (Å²) in [6.07, 6.45) is 1.57. The summed E-state index contributed by atoms with van der Waals surface area (Å²) in [7, 11) is 0. The highest BCUT2D eigenvalue weighted by atomic mass is 35.5. The molecule has 1 N–H and O–H groups in total. The van der Waals surface area contributed by atoms with Crippen molar-refractivity contribution >= 4 is 40.2 Å². The lowest BCUT2D eigenvalue weighted by Crippen LogP contribution is -2.17. The summed E-state index contributed by atoms with van der Waals surface area (Å²) in [6, 6.07) is 19.8. The summed E-state index contributed by atoms with van der Waals surface area (Å²) < 4.78 is 1.92. The molecule has 160 valence electrons. The fourth-order valence-electron chi connectivity index (χ4n) is 3.65. The van der Waals surface area contributed by atoms with Crippen LogP contribution in [-0.2, 0) is 0 Å². The minimum Gasteiger partial charge on any atom is -0.318 e. The summed E-state index contributed by atoms with van der Waals surface area (Å²) in [5.41, 5.74) is 6.20. The summed E-state index contributed by atoms with van der Waals surface area (Å²) in [4.78, 5) is 23.0. The maximum absolute atomic E-state index is 12.5. The van der Waals surface area contributed by atoms with Gasteiger partial charge in [0.2, 0.25) is 0 Å². The Balaban J connectivity index is 1.54. The molecule has 0 aliphatic heterocycles. The second-order valence-electron chi connectivity index (χ2n) is 7.32. The molecule has 0 atom stereocenters. The molecular formula is C24H19ClN4O3. The minimum atomic E-state index is -0.516. The number of aromatic nitrogens is 1. The first-order chi connectivity index (χ1) is 15.3. The topological polar surface area (TPSA) is 89.5 Å². The standard InChI is InChI=1S/C24H19ClN4O3/c1-15-11-20(16(2)28(15)21-9-10-23(29(31)32)22(25)13-21)14-26-27-24(30)19-8-7-17-5-3-4-6-18(17)12-19/h3-14H,1-2H3,(H,27,30)/b26-14+. The van der Waals surface area contributed by atoms with Crippen molar-refractivity contribution in [3.63, 3.8) is 0 Å². The number of nitrogens with zero attached hydrogens (tertiary/aromatic N) is 3. The van der Waals surface area contributed by atoms with Gasteiger partial charge in [-0.3, -0.25) is 14.9 Å². The van der Waals surface area contributed by atoms with E-state index in [9.17, 15) is 14.9 Å². The third-order valence-electron chi connectivity index (χ3n) is 5.24. The number of amides is 1. The number of carbonyl (C=O) groups is 1. The van der Waals surface area contributed by atoms with Crippen LogP contribution < -0.4 is 5.43 Å². The number of benzene rings is 3. The zero-order valence-corrected chi connectivity index (χ0v) is 18.1. The molecule has 0 saturated carbocycles. The van der Waals surface area contributed by atoms with Crippen LogP contribution in [0.3, 0.4) is 0 Å². The molecule has 8 heteroatoms. The molecule has 0 aliphatic carbocycles. The average Bonchev–Trinajstić information content (AvgIpc) is 3.05. The van der Waals surface area contributed by atoms with Crippen molar-refractivity contribution in [2.45, 2.75) is 13.8 Å². The van der Waals surface area contributed by atoms with E-state index in [0.717, 1.165) is 27.7 Å². The molecule has 0 bridgehead atoms. The summed E-state index contributed by atoms with van der Waals surface area (Å²) >= 11 is 6.07. The van der Waals surface area contributed by atoms with Gasteiger partial charge in [-0.25, -0.2) is 5.43 Å². The number of rotatable bonds is 5. The lowest BCUT2D eigenvalue weighted by molar-refractivity contribution is -0.384. The number of hydrazone groups is 1. The van der Waals surface area contributed by atoms with Crippen LogP contribution in [0.25, 0.3) is 16.5 Å². The molecule has 4 rings (SSSR count). The fourth-order valence-corrected chi connectivity index (χ4v) is 3.90. The molecule has 1 heterocycles. The molecule has 0 unspecified atom stereocenters. The second-order valence-corrected chi connectivity index (χ2v) is 7.72. The zero-order chi connectivity index (χ0) is 22.8. The minimum absolute atomic E-state index is 0.0675. The van der Waals surface area contributed by atoms with Gasteiger partial charge in [-0.05, 0) is 55.0 Å². The number of hydrogen-bond donors (Lipinski definition) is 1. The lowest BCUT2D eigenvalue weighted by Gasteiger charge is -2.10. The van der Waals surface area contributed by atoms with Crippen molar-refractivity contribution in [1.29, 1.82) is 0 Å². The van der Waals surface area contributed by atoms with Gasteiger partial charge < -0.3 is 4.57 Å². The normalized spacial score (nSPS) is 11.2. The Bertz CT molecular complexity index is 1390. The van der Waals surface area contributed by atoms with Crippen LogP contribution in [0, 0.1) is 24.0 Å². The predicted octanol–water partition coefficient (Wildman–Crippen LogP) is 5.57. The molecule has 0 saturated heterocycles. The fraction of sp³-hybridized carbons (Fsp3) is 0.0833. The molecule has 0 fully saturated rings. The van der Waals surface area contributed by atoms with Crippen LogP contribution in [0.15, 0.2) is 71.8 Å². The molecule has 1 aromatic heterocycles. The number of carbonyl (C=O) groups excluding carboxylic acids is 1. The molecule has 1 amide bonds. The predicted molar refractivity (Wildman–Crippen MR) is 126 cm³/mol. The first kappa shape index (κ1) is 21.3. The van der Waals surface area contributed by atoms with Crippen LogP contribution in [0.1, 0.15) is 27.3 Å². The van der Waals surface area contributed by atoms with Crippen LogP contribution in [0.2, 0.25) is 5.02 Å². The van der Waals surface area contributed by atoms with E-state index in [1.807, 2.05) is 60.9 Å². The Kier molecular flexibility index (Phi) is 5.75. The highest BCUT2D eigenvalue weighted by molar-refractivity contribution is 6.32. The monoisotopic (exact) mass is 446 g/mol. The van der Waals surface area contributed by atoms with E-state index in [-0.39, 0.29) is 16.6 Å². The maximum atomic E-state index is 12.5. The average molecular weight is 447 g/mol. The third-order valence-corrected chi connectivity index (χ3v) is 5.54. The first-order valence-corrected chi connectivity index (χ1v) is 10.2. The van der Waals surface area contributed by atoms with Gasteiger partial charge in [-0.15, -0.1) is 0 Å². The SMILES string of the molecule is Cc1cc(/C=N/NC(=O)c2ccc3ccccc3c2)c(C)n1-c1ccc([N+](=O)[O-])c(Cl)c1. The Morgan fingerprint density at radius 2 is 1.81 bits per heavy atom. The van der Waals surface area contributed by atoms with E-state index in [4.69, 9.17) is 11.6 Å². The van der Waals surface area contributed by atoms with Crippen molar-refractivity contribution in [3.8, 4) is 5.69 Å². The molecule has 4 aromatic rings. The highest BCUT2D eigenvalue weighted by Gasteiger charge is 2.15. The third kappa shape index (κ3) is 4.10. The van der Waals surface area contributed by atoms with E-state index < -0.39 is 4.92 Å². The summed E-state index contributed by atoms with van der Waals surface area (Å²) in [5.74, 6) is -0.303. The van der Waals surface area contributed by atoms with E-state index in [1.165, 1.54) is 6.07 Å². The molecule has 3 aromatic carbocycles. The number of hydrogen-bond acceptors (Lipinski definition) is 4. The molecule has 0 aliphatic rings. The van der Waals surface area contributed by atoms with Crippen molar-refractivity contribution < 1.29 is 9.72 Å². The molecule has 7 nitrogen and oxygen atoms in total.